The predicted molar refractivity (Wildman–Crippen MR) is 87.0 cm³/mol. The molecule has 1 rings (SSSR count). The van der Waals surface area contributed by atoms with Gasteiger partial charge in [-0.25, -0.2) is 0 Å². The van der Waals surface area contributed by atoms with Crippen LogP contribution in [0.25, 0.3) is 0 Å². The van der Waals surface area contributed by atoms with Gasteiger partial charge in [0.15, 0.2) is 0 Å². The second-order valence-electron chi connectivity index (χ2n) is 7.19. The largest absolute Gasteiger partial charge is 0.303 e. The van der Waals surface area contributed by atoms with Crippen LogP contribution in [0.2, 0.25) is 0 Å². The van der Waals surface area contributed by atoms with Crippen molar-refractivity contribution in [1.82, 2.24) is 4.90 Å². The van der Waals surface area contributed by atoms with E-state index in [9.17, 15) is 4.79 Å². The second kappa shape index (κ2) is 8.81. The minimum absolute atomic E-state index is 0.0615. The van der Waals surface area contributed by atoms with E-state index >= 15 is 0 Å². The van der Waals surface area contributed by atoms with E-state index in [4.69, 9.17) is 0 Å². The summed E-state index contributed by atoms with van der Waals surface area (Å²) in [5.41, 5.74) is -0.0615. The Kier molecular flexibility index (Phi) is 7.79. The van der Waals surface area contributed by atoms with E-state index in [0.717, 1.165) is 25.9 Å². The molecule has 1 aliphatic carbocycles. The molecule has 20 heavy (non-hydrogen) atoms. The third-order valence-electron chi connectivity index (χ3n) is 4.93. The van der Waals surface area contributed by atoms with Gasteiger partial charge in [-0.3, -0.25) is 4.90 Å². The number of carbonyl (C=O) groups excluding carboxylic acids is 1. The molecule has 2 heteroatoms. The first kappa shape index (κ1) is 17.7. The average molecular weight is 281 g/mol. The van der Waals surface area contributed by atoms with Crippen LogP contribution in [0, 0.1) is 11.3 Å². The van der Waals surface area contributed by atoms with Gasteiger partial charge in [0.1, 0.15) is 6.29 Å². The van der Waals surface area contributed by atoms with Crippen molar-refractivity contribution in [3.8, 4) is 0 Å². The van der Waals surface area contributed by atoms with E-state index in [1.54, 1.807) is 0 Å². The highest BCUT2D eigenvalue weighted by Crippen LogP contribution is 2.35. The fourth-order valence-corrected chi connectivity index (χ4v) is 3.77. The Labute approximate surface area is 126 Å². The zero-order chi connectivity index (χ0) is 15.0. The number of hydrogen-bond donors (Lipinski definition) is 0. The van der Waals surface area contributed by atoms with E-state index in [2.05, 4.69) is 32.6 Å². The molecule has 1 saturated carbocycles. The van der Waals surface area contributed by atoms with Crippen molar-refractivity contribution in [2.45, 2.75) is 85.1 Å². The van der Waals surface area contributed by atoms with Gasteiger partial charge in [0.25, 0.3) is 0 Å². The molecule has 0 amide bonds. The van der Waals surface area contributed by atoms with E-state index in [0.29, 0.717) is 12.0 Å². The van der Waals surface area contributed by atoms with Crippen LogP contribution in [0.1, 0.15) is 79.1 Å². The van der Waals surface area contributed by atoms with Gasteiger partial charge in [-0.05, 0) is 31.6 Å². The molecule has 118 valence electrons. The molecule has 0 radical (unpaired) electrons. The van der Waals surface area contributed by atoms with Gasteiger partial charge in [-0.15, -0.1) is 0 Å². The minimum atomic E-state index is -0.0615. The van der Waals surface area contributed by atoms with Crippen LogP contribution in [-0.2, 0) is 4.79 Å². The summed E-state index contributed by atoms with van der Waals surface area (Å²) in [4.78, 5) is 14.4. The maximum atomic E-state index is 11.8. The summed E-state index contributed by atoms with van der Waals surface area (Å²) < 4.78 is 0. The van der Waals surface area contributed by atoms with Crippen LogP contribution >= 0.6 is 0 Å². The highest BCUT2D eigenvalue weighted by atomic mass is 16.1. The number of aldehydes is 1. The maximum Gasteiger partial charge on any atom is 0.127 e. The molecule has 1 aliphatic rings. The van der Waals surface area contributed by atoms with Gasteiger partial charge in [0, 0.05) is 24.5 Å². The molecule has 0 aromatic rings. The Balaban J connectivity index is 2.80. The smallest absolute Gasteiger partial charge is 0.127 e. The van der Waals surface area contributed by atoms with Crippen LogP contribution in [0.3, 0.4) is 0 Å². The summed E-state index contributed by atoms with van der Waals surface area (Å²) in [6, 6.07) is 0.637. The normalized spacial score (nSPS) is 19.6. The average Bonchev–Trinajstić information content (AvgIpc) is 2.65. The number of hydrogen-bond acceptors (Lipinski definition) is 2. The minimum Gasteiger partial charge on any atom is -0.303 e. The van der Waals surface area contributed by atoms with Crippen LogP contribution < -0.4 is 0 Å². The van der Waals surface area contributed by atoms with Crippen molar-refractivity contribution in [2.24, 2.45) is 11.3 Å². The lowest BCUT2D eigenvalue weighted by Crippen LogP contribution is -2.45. The van der Waals surface area contributed by atoms with Gasteiger partial charge in [0.2, 0.25) is 0 Å². The molecule has 0 heterocycles. The first-order valence-corrected chi connectivity index (χ1v) is 8.77. The van der Waals surface area contributed by atoms with E-state index < -0.39 is 0 Å². The third kappa shape index (κ3) is 5.20. The molecule has 0 saturated heterocycles. The van der Waals surface area contributed by atoms with Crippen LogP contribution in [0.4, 0.5) is 0 Å². The van der Waals surface area contributed by atoms with Crippen molar-refractivity contribution in [3.05, 3.63) is 0 Å². The number of rotatable bonds is 8. The summed E-state index contributed by atoms with van der Waals surface area (Å²) in [5, 5.41) is 0. The second-order valence-corrected chi connectivity index (χ2v) is 7.19. The fourth-order valence-electron chi connectivity index (χ4n) is 3.77. The number of nitrogens with zero attached hydrogens (tertiary/aromatic N) is 1. The fraction of sp³-hybridized carbons (Fsp3) is 0.944. The first-order valence-electron chi connectivity index (χ1n) is 8.77. The van der Waals surface area contributed by atoms with Gasteiger partial charge < -0.3 is 4.79 Å². The summed E-state index contributed by atoms with van der Waals surface area (Å²) in [6.45, 7) is 11.2. The van der Waals surface area contributed by atoms with Gasteiger partial charge in [-0.2, -0.15) is 0 Å². The molecule has 0 spiro atoms. The Morgan fingerprint density at radius 2 is 1.60 bits per heavy atom. The van der Waals surface area contributed by atoms with Crippen molar-refractivity contribution >= 4 is 6.29 Å². The lowest BCUT2D eigenvalue weighted by atomic mass is 9.80. The van der Waals surface area contributed by atoms with Crippen LogP contribution in [0.5, 0.6) is 0 Å². The van der Waals surface area contributed by atoms with Crippen molar-refractivity contribution in [1.29, 1.82) is 0 Å². The number of carbonyl (C=O) groups is 1. The maximum absolute atomic E-state index is 11.8. The topological polar surface area (TPSA) is 20.3 Å². The standard InChI is InChI=1S/C18H35NO/c1-5-17(6-2)19(13-16(3)4)14-18(15-20)11-9-7-8-10-12-18/h15-17H,5-14H2,1-4H3. The predicted octanol–water partition coefficient (Wildman–Crippen LogP) is 4.67. The zero-order valence-corrected chi connectivity index (χ0v) is 14.2. The molecule has 0 aromatic heterocycles. The molecule has 0 aromatic carbocycles. The molecule has 0 unspecified atom stereocenters. The Hall–Kier alpha value is -0.370. The zero-order valence-electron chi connectivity index (χ0n) is 14.2. The van der Waals surface area contributed by atoms with Gasteiger partial charge >= 0.3 is 0 Å². The quantitative estimate of drug-likeness (QED) is 0.476. The first-order chi connectivity index (χ1) is 9.56. The summed E-state index contributed by atoms with van der Waals surface area (Å²) >= 11 is 0. The molecule has 0 atom stereocenters. The molecular formula is C18H35NO. The molecule has 0 aliphatic heterocycles. The molecular weight excluding hydrogens is 246 g/mol. The summed E-state index contributed by atoms with van der Waals surface area (Å²) in [7, 11) is 0. The summed E-state index contributed by atoms with van der Waals surface area (Å²) in [5.74, 6) is 0.671. The monoisotopic (exact) mass is 281 g/mol. The lowest BCUT2D eigenvalue weighted by Gasteiger charge is -2.39. The van der Waals surface area contributed by atoms with Gasteiger partial charge in [-0.1, -0.05) is 53.4 Å². The van der Waals surface area contributed by atoms with E-state index in [1.165, 1.54) is 44.8 Å². The Morgan fingerprint density at radius 1 is 1.05 bits per heavy atom. The van der Waals surface area contributed by atoms with Crippen LogP contribution in [-0.4, -0.2) is 30.3 Å². The van der Waals surface area contributed by atoms with E-state index in [-0.39, 0.29) is 5.41 Å². The van der Waals surface area contributed by atoms with Crippen LogP contribution in [0.15, 0.2) is 0 Å². The lowest BCUT2D eigenvalue weighted by molar-refractivity contribution is -0.118. The molecule has 0 N–H and O–H groups in total. The summed E-state index contributed by atoms with van der Waals surface area (Å²) in [6.07, 6.45) is 11.0. The molecule has 0 bridgehead atoms. The SMILES string of the molecule is CCC(CC)N(CC(C)C)CC1(C=O)CCCCCC1. The Bertz CT molecular complexity index is 263. The highest BCUT2D eigenvalue weighted by Gasteiger charge is 2.34. The molecule has 2 nitrogen and oxygen atoms in total. The van der Waals surface area contributed by atoms with Crippen molar-refractivity contribution in [2.75, 3.05) is 13.1 Å². The van der Waals surface area contributed by atoms with Gasteiger partial charge in [0.05, 0.1) is 0 Å². The third-order valence-corrected chi connectivity index (χ3v) is 4.93. The molecule has 1 fully saturated rings. The highest BCUT2D eigenvalue weighted by molar-refractivity contribution is 5.59. The van der Waals surface area contributed by atoms with Crippen molar-refractivity contribution in [3.63, 3.8) is 0 Å². The van der Waals surface area contributed by atoms with E-state index in [1.807, 2.05) is 0 Å². The van der Waals surface area contributed by atoms with Crippen molar-refractivity contribution < 1.29 is 4.79 Å². The Morgan fingerprint density at radius 3 is 2.00 bits per heavy atom.